The third-order valence-electron chi connectivity index (χ3n) is 3.78. The van der Waals surface area contributed by atoms with Gasteiger partial charge in [0.25, 0.3) is 0 Å². The molecule has 2 aromatic heterocycles. The molecule has 0 aliphatic carbocycles. The van der Waals surface area contributed by atoms with Crippen LogP contribution in [0.4, 0.5) is 10.5 Å². The lowest BCUT2D eigenvalue weighted by Crippen LogP contribution is -2.35. The number of aryl methyl sites for hydroxylation is 2. The van der Waals surface area contributed by atoms with Gasteiger partial charge in [0.05, 0.1) is 11.8 Å². The Hall–Kier alpha value is -1.93. The number of methoxy groups -OCH3 is 1. The van der Waals surface area contributed by atoms with E-state index in [-0.39, 0.29) is 18.2 Å². The fourth-order valence-corrected chi connectivity index (χ4v) is 3.33. The molecule has 1 saturated heterocycles. The van der Waals surface area contributed by atoms with E-state index in [0.717, 1.165) is 11.3 Å². The number of nitrogens with zero attached hydrogens (tertiary/aromatic N) is 3. The first-order valence-electron chi connectivity index (χ1n) is 7.02. The first-order chi connectivity index (χ1) is 10.6. The standard InChI is InChI=1S/C14H18N4O3S/c1-8-6-22-7-11(8)16-14(19)18-5-10(20-3)4-12(18)13-15-9(2)17-21-13/h6-7,10,12H,4-5H2,1-3H3,(H,16,19)/t10-,12-/m1/s1. The zero-order chi connectivity index (χ0) is 15.7. The SMILES string of the molecule is CO[C@@H]1C[C@H](c2nc(C)no2)N(C(=O)Nc2cscc2C)C1. The first-order valence-corrected chi connectivity index (χ1v) is 7.96. The van der Waals surface area contributed by atoms with Crippen LogP contribution in [0.25, 0.3) is 0 Å². The van der Waals surface area contributed by atoms with E-state index in [2.05, 4.69) is 15.5 Å². The molecule has 1 N–H and O–H groups in total. The maximum absolute atomic E-state index is 12.6. The van der Waals surface area contributed by atoms with E-state index in [1.165, 1.54) is 0 Å². The number of urea groups is 1. The number of thiophene rings is 1. The van der Waals surface area contributed by atoms with Crippen molar-refractivity contribution in [3.63, 3.8) is 0 Å². The first kappa shape index (κ1) is 15.0. The van der Waals surface area contributed by atoms with Crippen molar-refractivity contribution < 1.29 is 14.1 Å². The van der Waals surface area contributed by atoms with Crippen LogP contribution >= 0.6 is 11.3 Å². The van der Waals surface area contributed by atoms with Crippen LogP contribution in [0.5, 0.6) is 0 Å². The lowest BCUT2D eigenvalue weighted by molar-refractivity contribution is 0.111. The van der Waals surface area contributed by atoms with Gasteiger partial charge < -0.3 is 19.5 Å². The van der Waals surface area contributed by atoms with Crippen molar-refractivity contribution in [1.82, 2.24) is 15.0 Å². The maximum atomic E-state index is 12.6. The Morgan fingerprint density at radius 2 is 2.32 bits per heavy atom. The molecular weight excluding hydrogens is 304 g/mol. The number of nitrogens with one attached hydrogen (secondary N) is 1. The van der Waals surface area contributed by atoms with Crippen molar-refractivity contribution in [2.24, 2.45) is 0 Å². The summed E-state index contributed by atoms with van der Waals surface area (Å²) in [6.07, 6.45) is 0.611. The highest BCUT2D eigenvalue weighted by Gasteiger charge is 2.39. The number of anilines is 1. The molecule has 3 heterocycles. The van der Waals surface area contributed by atoms with Crippen LogP contribution in [0.2, 0.25) is 0 Å². The van der Waals surface area contributed by atoms with Gasteiger partial charge in [0.1, 0.15) is 6.04 Å². The molecule has 3 rings (SSSR count). The molecule has 0 saturated carbocycles. The predicted molar refractivity (Wildman–Crippen MR) is 82.0 cm³/mol. The number of hydrogen-bond acceptors (Lipinski definition) is 6. The summed E-state index contributed by atoms with van der Waals surface area (Å²) in [4.78, 5) is 18.5. The zero-order valence-corrected chi connectivity index (χ0v) is 13.5. The smallest absolute Gasteiger partial charge is 0.322 e. The zero-order valence-electron chi connectivity index (χ0n) is 12.7. The van der Waals surface area contributed by atoms with Gasteiger partial charge in [-0.25, -0.2) is 4.79 Å². The second-order valence-corrected chi connectivity index (χ2v) is 6.08. The summed E-state index contributed by atoms with van der Waals surface area (Å²) in [6, 6.07) is -0.438. The van der Waals surface area contributed by atoms with Crippen molar-refractivity contribution in [2.45, 2.75) is 32.4 Å². The Morgan fingerprint density at radius 1 is 1.50 bits per heavy atom. The highest BCUT2D eigenvalue weighted by Crippen LogP contribution is 2.33. The molecule has 0 bridgehead atoms. The van der Waals surface area contributed by atoms with Crippen molar-refractivity contribution in [3.05, 3.63) is 28.0 Å². The Kier molecular flexibility index (Phi) is 4.12. The lowest BCUT2D eigenvalue weighted by Gasteiger charge is -2.22. The van der Waals surface area contributed by atoms with Crippen molar-refractivity contribution in [3.8, 4) is 0 Å². The van der Waals surface area contributed by atoms with Gasteiger partial charge >= 0.3 is 6.03 Å². The molecule has 0 spiro atoms. The van der Waals surface area contributed by atoms with E-state index in [4.69, 9.17) is 9.26 Å². The Balaban J connectivity index is 1.79. The number of carbonyl (C=O) groups excluding carboxylic acids is 1. The van der Waals surface area contributed by atoms with Crippen molar-refractivity contribution in [2.75, 3.05) is 19.0 Å². The molecule has 0 aromatic carbocycles. The molecular formula is C14H18N4O3S. The Labute approximate surface area is 132 Å². The molecule has 1 fully saturated rings. The third kappa shape index (κ3) is 2.84. The average Bonchev–Trinajstić information content (AvgIpc) is 3.19. The normalized spacial score (nSPS) is 21.3. The molecule has 2 aromatic rings. The van der Waals surface area contributed by atoms with Gasteiger partial charge in [0.15, 0.2) is 5.82 Å². The van der Waals surface area contributed by atoms with E-state index < -0.39 is 0 Å². The molecule has 2 atom stereocenters. The number of carbonyl (C=O) groups is 1. The molecule has 1 aliphatic rings. The van der Waals surface area contributed by atoms with Crippen molar-refractivity contribution >= 4 is 23.1 Å². The number of ether oxygens (including phenoxy) is 1. The van der Waals surface area contributed by atoms with Crippen LogP contribution in [0.15, 0.2) is 15.3 Å². The summed E-state index contributed by atoms with van der Waals surface area (Å²) in [6.45, 7) is 4.22. The van der Waals surface area contributed by atoms with E-state index in [9.17, 15) is 4.79 Å². The average molecular weight is 322 g/mol. The fourth-order valence-electron chi connectivity index (χ4n) is 2.55. The Morgan fingerprint density at radius 3 is 2.91 bits per heavy atom. The van der Waals surface area contributed by atoms with Crippen LogP contribution in [-0.4, -0.2) is 40.8 Å². The monoisotopic (exact) mass is 322 g/mol. The maximum Gasteiger partial charge on any atom is 0.322 e. The molecule has 1 aliphatic heterocycles. The van der Waals surface area contributed by atoms with E-state index >= 15 is 0 Å². The molecule has 118 valence electrons. The summed E-state index contributed by atoms with van der Waals surface area (Å²) in [7, 11) is 1.64. The molecule has 22 heavy (non-hydrogen) atoms. The summed E-state index contributed by atoms with van der Waals surface area (Å²) in [5.74, 6) is 1.01. The van der Waals surface area contributed by atoms with Gasteiger partial charge in [-0.2, -0.15) is 4.98 Å². The quantitative estimate of drug-likeness (QED) is 0.940. The minimum absolute atomic E-state index is 0.0356. The van der Waals surface area contributed by atoms with E-state index in [1.807, 2.05) is 17.7 Å². The highest BCUT2D eigenvalue weighted by atomic mass is 32.1. The number of aromatic nitrogens is 2. The summed E-state index contributed by atoms with van der Waals surface area (Å²) in [5, 5.41) is 10.7. The van der Waals surface area contributed by atoms with E-state index in [0.29, 0.717) is 24.7 Å². The van der Waals surface area contributed by atoms with Crippen LogP contribution in [0, 0.1) is 13.8 Å². The molecule has 8 heteroatoms. The topological polar surface area (TPSA) is 80.5 Å². The molecule has 7 nitrogen and oxygen atoms in total. The number of hydrogen-bond donors (Lipinski definition) is 1. The molecule has 0 unspecified atom stereocenters. The largest absolute Gasteiger partial charge is 0.380 e. The number of rotatable bonds is 3. The lowest BCUT2D eigenvalue weighted by atomic mass is 10.2. The fraction of sp³-hybridized carbons (Fsp3) is 0.500. The second-order valence-electron chi connectivity index (χ2n) is 5.34. The van der Waals surface area contributed by atoms with Gasteiger partial charge in [-0.15, -0.1) is 11.3 Å². The van der Waals surface area contributed by atoms with Crippen LogP contribution in [-0.2, 0) is 4.74 Å². The van der Waals surface area contributed by atoms with Crippen LogP contribution < -0.4 is 5.32 Å². The van der Waals surface area contributed by atoms with Gasteiger partial charge in [0, 0.05) is 25.5 Å². The van der Waals surface area contributed by atoms with Gasteiger partial charge in [-0.05, 0) is 24.8 Å². The molecule has 0 radical (unpaired) electrons. The van der Waals surface area contributed by atoms with Crippen LogP contribution in [0.3, 0.4) is 0 Å². The van der Waals surface area contributed by atoms with Gasteiger partial charge in [0.2, 0.25) is 5.89 Å². The van der Waals surface area contributed by atoms with Gasteiger partial charge in [-0.1, -0.05) is 5.16 Å². The second kappa shape index (κ2) is 6.05. The third-order valence-corrected chi connectivity index (χ3v) is 4.64. The highest BCUT2D eigenvalue weighted by molar-refractivity contribution is 7.08. The summed E-state index contributed by atoms with van der Waals surface area (Å²) < 4.78 is 10.6. The minimum Gasteiger partial charge on any atom is -0.380 e. The molecule has 2 amide bonds. The minimum atomic E-state index is -0.259. The predicted octanol–water partition coefficient (Wildman–Crippen LogP) is 2.74. The number of amides is 2. The summed E-state index contributed by atoms with van der Waals surface area (Å²) in [5.41, 5.74) is 1.88. The summed E-state index contributed by atoms with van der Waals surface area (Å²) >= 11 is 1.56. The van der Waals surface area contributed by atoms with Crippen LogP contribution in [0.1, 0.15) is 29.7 Å². The van der Waals surface area contributed by atoms with E-state index in [1.54, 1.807) is 30.3 Å². The number of likely N-dealkylation sites (tertiary alicyclic amines) is 1. The Bertz CT molecular complexity index is 669. The van der Waals surface area contributed by atoms with Gasteiger partial charge in [-0.3, -0.25) is 0 Å². The van der Waals surface area contributed by atoms with Crippen molar-refractivity contribution in [1.29, 1.82) is 0 Å².